The van der Waals surface area contributed by atoms with Gasteiger partial charge in [-0.2, -0.15) is 4.98 Å². The molecule has 0 spiro atoms. The number of hydrogen-bond acceptors (Lipinski definition) is 5. The zero-order chi connectivity index (χ0) is 17.8. The Balaban J connectivity index is 1.53. The summed E-state index contributed by atoms with van der Waals surface area (Å²) in [5.74, 6) is 3.33. The molecule has 2 aromatic heterocycles. The van der Waals surface area contributed by atoms with Crippen molar-refractivity contribution in [3.05, 3.63) is 35.4 Å². The first kappa shape index (κ1) is 17.5. The molecule has 0 aromatic carbocycles. The van der Waals surface area contributed by atoms with E-state index >= 15 is 0 Å². The molecule has 0 unspecified atom stereocenters. The molecule has 1 atom stereocenters. The van der Waals surface area contributed by atoms with Crippen molar-refractivity contribution in [3.63, 3.8) is 0 Å². The number of rotatable bonds is 6. The predicted octanol–water partition coefficient (Wildman–Crippen LogP) is 3.44. The Morgan fingerprint density at radius 3 is 2.96 bits per heavy atom. The van der Waals surface area contributed by atoms with E-state index in [0.29, 0.717) is 24.7 Å². The van der Waals surface area contributed by atoms with Gasteiger partial charge in [0.2, 0.25) is 5.89 Å². The van der Waals surface area contributed by atoms with Crippen molar-refractivity contribution in [1.29, 1.82) is 0 Å². The summed E-state index contributed by atoms with van der Waals surface area (Å²) in [6.07, 6.45) is 3.32. The van der Waals surface area contributed by atoms with E-state index in [-0.39, 0.29) is 18.0 Å². The van der Waals surface area contributed by atoms with Gasteiger partial charge >= 0.3 is 6.03 Å². The van der Waals surface area contributed by atoms with Gasteiger partial charge in [-0.1, -0.05) is 25.9 Å². The van der Waals surface area contributed by atoms with Gasteiger partial charge in [-0.05, 0) is 25.0 Å². The summed E-state index contributed by atoms with van der Waals surface area (Å²) in [6, 6.07) is 3.93. The number of urea groups is 1. The average molecular weight is 346 g/mol. The van der Waals surface area contributed by atoms with E-state index < -0.39 is 0 Å². The highest BCUT2D eigenvalue weighted by atomic mass is 16.5. The topological polar surface area (TPSA) is 84.4 Å². The first-order valence-corrected chi connectivity index (χ1v) is 9.04. The first-order chi connectivity index (χ1) is 12.1. The molecule has 0 aliphatic carbocycles. The highest BCUT2D eigenvalue weighted by Gasteiger charge is 2.32. The predicted molar refractivity (Wildman–Crippen MR) is 92.3 cm³/mol. The number of nitrogens with zero attached hydrogens (tertiary/aromatic N) is 3. The number of aromatic nitrogens is 2. The molecule has 0 radical (unpaired) electrons. The monoisotopic (exact) mass is 346 g/mol. The summed E-state index contributed by atoms with van der Waals surface area (Å²) in [5.41, 5.74) is 0. The number of carbonyl (C=O) groups is 1. The smallest absolute Gasteiger partial charge is 0.318 e. The lowest BCUT2D eigenvalue weighted by Crippen LogP contribution is -2.40. The second-order valence-corrected chi connectivity index (χ2v) is 6.69. The van der Waals surface area contributed by atoms with Gasteiger partial charge in [0.25, 0.3) is 0 Å². The Kier molecular flexibility index (Phi) is 5.40. The minimum Gasteiger partial charge on any atom is -0.464 e. The van der Waals surface area contributed by atoms with Crippen LogP contribution in [0.3, 0.4) is 0 Å². The molecule has 7 heteroatoms. The number of hydrogen-bond donors (Lipinski definition) is 1. The van der Waals surface area contributed by atoms with Crippen molar-refractivity contribution in [2.75, 3.05) is 13.1 Å². The highest BCUT2D eigenvalue weighted by molar-refractivity contribution is 5.75. The van der Waals surface area contributed by atoms with E-state index in [1.54, 1.807) is 0 Å². The molecule has 3 heterocycles. The van der Waals surface area contributed by atoms with Crippen molar-refractivity contribution in [1.82, 2.24) is 20.4 Å². The molecule has 136 valence electrons. The molecule has 0 bridgehead atoms. The lowest BCUT2D eigenvalue weighted by molar-refractivity contribution is 0.185. The van der Waals surface area contributed by atoms with Crippen LogP contribution in [-0.2, 0) is 12.8 Å². The minimum absolute atomic E-state index is 0.0243. The Labute approximate surface area is 147 Å². The Bertz CT molecular complexity index is 707. The maximum Gasteiger partial charge on any atom is 0.318 e. The van der Waals surface area contributed by atoms with Crippen LogP contribution >= 0.6 is 0 Å². The summed E-state index contributed by atoms with van der Waals surface area (Å²) < 4.78 is 11.0. The number of nitrogens with one attached hydrogen (secondary N) is 1. The van der Waals surface area contributed by atoms with E-state index in [0.717, 1.165) is 37.3 Å². The van der Waals surface area contributed by atoms with Crippen LogP contribution in [0.4, 0.5) is 4.79 Å². The standard InChI is InChI=1S/C18H26N4O3/c1-4-13-7-8-15(24-13)14-6-5-11-22(14)18(23)19-10-9-16-20-17(12(2)3)21-25-16/h7-8,12,14H,4-6,9-11H2,1-3H3,(H,19,23)/t14-/m0/s1. The van der Waals surface area contributed by atoms with E-state index in [1.165, 1.54) is 0 Å². The van der Waals surface area contributed by atoms with Crippen LogP contribution < -0.4 is 5.32 Å². The van der Waals surface area contributed by atoms with Gasteiger partial charge in [-0.3, -0.25) is 0 Å². The van der Waals surface area contributed by atoms with Crippen molar-refractivity contribution in [2.45, 2.75) is 58.4 Å². The SMILES string of the molecule is CCc1ccc([C@@H]2CCCN2C(=O)NCCc2nc(C(C)C)no2)o1. The normalized spacial score (nSPS) is 17.4. The third-order valence-electron chi connectivity index (χ3n) is 4.49. The Morgan fingerprint density at radius 1 is 1.44 bits per heavy atom. The van der Waals surface area contributed by atoms with Crippen LogP contribution in [0.5, 0.6) is 0 Å². The zero-order valence-electron chi connectivity index (χ0n) is 15.1. The maximum absolute atomic E-state index is 12.5. The van der Waals surface area contributed by atoms with Crippen LogP contribution in [0.1, 0.15) is 68.8 Å². The largest absolute Gasteiger partial charge is 0.464 e. The quantitative estimate of drug-likeness (QED) is 0.866. The molecule has 0 saturated carbocycles. The number of likely N-dealkylation sites (tertiary alicyclic amines) is 1. The van der Waals surface area contributed by atoms with Crippen LogP contribution in [-0.4, -0.2) is 34.2 Å². The fraction of sp³-hybridized carbons (Fsp3) is 0.611. The zero-order valence-corrected chi connectivity index (χ0v) is 15.1. The Morgan fingerprint density at radius 2 is 2.28 bits per heavy atom. The fourth-order valence-electron chi connectivity index (χ4n) is 3.05. The lowest BCUT2D eigenvalue weighted by atomic mass is 10.2. The molecule has 1 aliphatic heterocycles. The molecule has 2 aromatic rings. The van der Waals surface area contributed by atoms with E-state index in [9.17, 15) is 4.79 Å². The van der Waals surface area contributed by atoms with Crippen molar-refractivity contribution in [3.8, 4) is 0 Å². The number of amides is 2. The highest BCUT2D eigenvalue weighted by Crippen LogP contribution is 2.33. The molecule has 1 N–H and O–H groups in total. The first-order valence-electron chi connectivity index (χ1n) is 9.04. The summed E-state index contributed by atoms with van der Waals surface area (Å²) >= 11 is 0. The summed E-state index contributed by atoms with van der Waals surface area (Å²) in [7, 11) is 0. The summed E-state index contributed by atoms with van der Waals surface area (Å²) in [5, 5.41) is 6.88. The molecule has 1 aliphatic rings. The van der Waals surface area contributed by atoms with Crippen LogP contribution in [0, 0.1) is 0 Å². The van der Waals surface area contributed by atoms with Crippen molar-refractivity contribution in [2.24, 2.45) is 0 Å². The number of carbonyl (C=O) groups excluding carboxylic acids is 1. The molecular formula is C18H26N4O3. The van der Waals surface area contributed by atoms with Gasteiger partial charge in [-0.15, -0.1) is 0 Å². The van der Waals surface area contributed by atoms with Crippen molar-refractivity contribution >= 4 is 6.03 Å². The van der Waals surface area contributed by atoms with Crippen molar-refractivity contribution < 1.29 is 13.7 Å². The van der Waals surface area contributed by atoms with Gasteiger partial charge in [0.15, 0.2) is 5.82 Å². The number of furan rings is 1. The molecule has 1 fully saturated rings. The molecule has 7 nitrogen and oxygen atoms in total. The summed E-state index contributed by atoms with van der Waals surface area (Å²) in [4.78, 5) is 18.7. The van der Waals surface area contributed by atoms with Gasteiger partial charge in [-0.25, -0.2) is 4.79 Å². The third kappa shape index (κ3) is 4.03. The minimum atomic E-state index is -0.0689. The molecule has 1 saturated heterocycles. The van der Waals surface area contributed by atoms with Crippen LogP contribution in [0.25, 0.3) is 0 Å². The van der Waals surface area contributed by atoms with Gasteiger partial charge in [0, 0.05) is 31.8 Å². The van der Waals surface area contributed by atoms with Gasteiger partial charge in [0.1, 0.15) is 11.5 Å². The van der Waals surface area contributed by atoms with Gasteiger partial charge in [0.05, 0.1) is 6.04 Å². The van der Waals surface area contributed by atoms with E-state index in [4.69, 9.17) is 8.94 Å². The van der Waals surface area contributed by atoms with E-state index in [1.807, 2.05) is 30.9 Å². The molecule has 25 heavy (non-hydrogen) atoms. The average Bonchev–Trinajstić information content (AvgIpc) is 3.33. The van der Waals surface area contributed by atoms with Gasteiger partial charge < -0.3 is 19.2 Å². The Hall–Kier alpha value is -2.31. The maximum atomic E-state index is 12.5. The third-order valence-corrected chi connectivity index (χ3v) is 4.49. The summed E-state index contributed by atoms with van der Waals surface area (Å²) in [6.45, 7) is 7.31. The fourth-order valence-corrected chi connectivity index (χ4v) is 3.05. The van der Waals surface area contributed by atoms with Crippen LogP contribution in [0.2, 0.25) is 0 Å². The molecule has 3 rings (SSSR count). The second kappa shape index (κ2) is 7.72. The molecular weight excluding hydrogens is 320 g/mol. The number of aryl methyl sites for hydroxylation is 1. The molecule has 2 amide bonds. The van der Waals surface area contributed by atoms with E-state index in [2.05, 4.69) is 22.4 Å². The lowest BCUT2D eigenvalue weighted by Gasteiger charge is -2.23. The van der Waals surface area contributed by atoms with Crippen LogP contribution in [0.15, 0.2) is 21.1 Å². The second-order valence-electron chi connectivity index (χ2n) is 6.69.